The highest BCUT2D eigenvalue weighted by Gasteiger charge is 2.19. The Morgan fingerprint density at radius 2 is 2.04 bits per heavy atom. The van der Waals surface area contributed by atoms with E-state index < -0.39 is 0 Å². The van der Waals surface area contributed by atoms with E-state index in [0.29, 0.717) is 5.69 Å². The third-order valence-corrected chi connectivity index (χ3v) is 4.34. The molecule has 0 spiro atoms. The maximum Gasteiger partial charge on any atom is 0.190 e. The van der Waals surface area contributed by atoms with Gasteiger partial charge in [-0.1, -0.05) is 30.3 Å². The summed E-state index contributed by atoms with van der Waals surface area (Å²) in [4.78, 5) is 8.27. The van der Waals surface area contributed by atoms with Gasteiger partial charge in [0.25, 0.3) is 0 Å². The van der Waals surface area contributed by atoms with Crippen molar-refractivity contribution in [3.05, 3.63) is 60.2 Å². The molecule has 4 heteroatoms. The number of aromatic nitrogens is 2. The fraction of sp³-hybridized carbons (Fsp3) is 0.263. The van der Waals surface area contributed by atoms with Crippen molar-refractivity contribution < 1.29 is 4.74 Å². The zero-order valence-electron chi connectivity index (χ0n) is 12.8. The van der Waals surface area contributed by atoms with E-state index in [4.69, 9.17) is 11.3 Å². The molecule has 4 rings (SSSR count). The van der Waals surface area contributed by atoms with E-state index in [2.05, 4.69) is 26.5 Å². The Balaban J connectivity index is 1.91. The molecule has 1 aromatic heterocycles. The van der Waals surface area contributed by atoms with Crippen molar-refractivity contribution in [2.24, 2.45) is 0 Å². The summed E-state index contributed by atoms with van der Waals surface area (Å²) in [6, 6.07) is 14.0. The van der Waals surface area contributed by atoms with E-state index in [9.17, 15) is 0 Å². The van der Waals surface area contributed by atoms with Crippen molar-refractivity contribution in [1.29, 1.82) is 0 Å². The first kappa shape index (κ1) is 14.0. The maximum atomic E-state index is 7.41. The van der Waals surface area contributed by atoms with E-state index in [1.54, 1.807) is 0 Å². The molecular formula is C19H17N3O. The smallest absolute Gasteiger partial charge is 0.190 e. The minimum atomic E-state index is 0.0263. The molecule has 23 heavy (non-hydrogen) atoms. The van der Waals surface area contributed by atoms with Gasteiger partial charge in [0.15, 0.2) is 5.69 Å². The number of nitrogens with zero attached hydrogens (tertiary/aromatic N) is 3. The predicted octanol–water partition coefficient (Wildman–Crippen LogP) is 4.95. The summed E-state index contributed by atoms with van der Waals surface area (Å²) < 4.78 is 7.97. The molecule has 1 saturated heterocycles. The van der Waals surface area contributed by atoms with Crippen LogP contribution in [0, 0.1) is 6.57 Å². The van der Waals surface area contributed by atoms with Crippen LogP contribution in [0.1, 0.15) is 25.5 Å². The highest BCUT2D eigenvalue weighted by Crippen LogP contribution is 2.35. The van der Waals surface area contributed by atoms with Gasteiger partial charge in [-0.05, 0) is 42.5 Å². The Kier molecular flexibility index (Phi) is 3.57. The van der Waals surface area contributed by atoms with Crippen LogP contribution in [0.2, 0.25) is 0 Å². The zero-order valence-corrected chi connectivity index (χ0v) is 12.8. The first-order valence-corrected chi connectivity index (χ1v) is 7.92. The molecule has 1 aliphatic heterocycles. The van der Waals surface area contributed by atoms with E-state index in [0.717, 1.165) is 41.6 Å². The number of hydrogen-bond acceptors (Lipinski definition) is 2. The van der Waals surface area contributed by atoms with Gasteiger partial charge in [-0.2, -0.15) is 0 Å². The van der Waals surface area contributed by atoms with Gasteiger partial charge in [0.2, 0.25) is 0 Å². The van der Waals surface area contributed by atoms with Gasteiger partial charge in [-0.25, -0.2) is 9.83 Å². The van der Waals surface area contributed by atoms with Crippen LogP contribution < -0.4 is 0 Å². The van der Waals surface area contributed by atoms with E-state index in [1.807, 2.05) is 36.7 Å². The monoisotopic (exact) mass is 303 g/mol. The minimum absolute atomic E-state index is 0.0263. The van der Waals surface area contributed by atoms with Crippen LogP contribution in [-0.4, -0.2) is 16.2 Å². The lowest BCUT2D eigenvalue weighted by Crippen LogP contribution is -2.17. The van der Waals surface area contributed by atoms with Crippen molar-refractivity contribution in [1.82, 2.24) is 9.55 Å². The van der Waals surface area contributed by atoms with Crippen LogP contribution in [0.25, 0.3) is 27.0 Å². The number of benzene rings is 2. The SMILES string of the molecule is [C-]#[N+]c1cc(-c2ccccc2)c2ncn(C3CCCCO3)c2c1. The van der Waals surface area contributed by atoms with Crippen molar-refractivity contribution in [2.45, 2.75) is 25.5 Å². The molecule has 1 fully saturated rings. The van der Waals surface area contributed by atoms with Crippen molar-refractivity contribution in [3.8, 4) is 11.1 Å². The first-order chi connectivity index (χ1) is 11.4. The van der Waals surface area contributed by atoms with Gasteiger partial charge in [-0.15, -0.1) is 0 Å². The largest absolute Gasteiger partial charge is 0.358 e. The van der Waals surface area contributed by atoms with Crippen LogP contribution in [0.4, 0.5) is 5.69 Å². The summed E-state index contributed by atoms with van der Waals surface area (Å²) in [6.45, 7) is 8.20. The standard InChI is InChI=1S/C19H17N3O/c1-20-15-11-16(14-7-3-2-4-8-14)19-17(12-15)22(13-21-19)18-9-5-6-10-23-18/h2-4,7-8,11-13,18H,5-6,9-10H2. The number of hydrogen-bond donors (Lipinski definition) is 0. The van der Waals surface area contributed by atoms with Gasteiger partial charge in [-0.3, -0.25) is 0 Å². The summed E-state index contributed by atoms with van der Waals surface area (Å²) in [5.41, 5.74) is 4.62. The molecular weight excluding hydrogens is 286 g/mol. The lowest BCUT2D eigenvalue weighted by atomic mass is 10.0. The zero-order chi connectivity index (χ0) is 15.6. The molecule has 0 bridgehead atoms. The van der Waals surface area contributed by atoms with Gasteiger partial charge >= 0.3 is 0 Å². The third-order valence-electron chi connectivity index (χ3n) is 4.34. The second kappa shape index (κ2) is 5.86. The highest BCUT2D eigenvalue weighted by atomic mass is 16.5. The Morgan fingerprint density at radius 3 is 2.78 bits per heavy atom. The molecule has 0 aliphatic carbocycles. The molecule has 1 aliphatic rings. The topological polar surface area (TPSA) is 31.4 Å². The van der Waals surface area contributed by atoms with Gasteiger partial charge in [0.1, 0.15) is 6.23 Å². The molecule has 3 aromatic rings. The molecule has 0 saturated carbocycles. The number of rotatable bonds is 2. The summed E-state index contributed by atoms with van der Waals surface area (Å²) in [5.74, 6) is 0. The molecule has 2 heterocycles. The summed E-state index contributed by atoms with van der Waals surface area (Å²) >= 11 is 0. The summed E-state index contributed by atoms with van der Waals surface area (Å²) in [7, 11) is 0. The number of fused-ring (bicyclic) bond motifs is 1. The average molecular weight is 303 g/mol. The first-order valence-electron chi connectivity index (χ1n) is 7.92. The Labute approximate surface area is 135 Å². The molecule has 114 valence electrons. The Morgan fingerprint density at radius 1 is 1.17 bits per heavy atom. The van der Waals surface area contributed by atoms with Gasteiger partial charge in [0, 0.05) is 6.61 Å². The van der Waals surface area contributed by atoms with E-state index in [-0.39, 0.29) is 6.23 Å². The Hall–Kier alpha value is -2.64. The Bertz CT molecular complexity index is 871. The van der Waals surface area contributed by atoms with E-state index in [1.165, 1.54) is 6.42 Å². The highest BCUT2D eigenvalue weighted by molar-refractivity contribution is 5.95. The predicted molar refractivity (Wildman–Crippen MR) is 90.3 cm³/mol. The number of ether oxygens (including phenoxy) is 1. The van der Waals surface area contributed by atoms with Crippen LogP contribution in [0.15, 0.2) is 48.8 Å². The van der Waals surface area contributed by atoms with E-state index >= 15 is 0 Å². The summed E-state index contributed by atoms with van der Waals surface area (Å²) in [5, 5.41) is 0. The fourth-order valence-corrected chi connectivity index (χ4v) is 3.19. The van der Waals surface area contributed by atoms with Crippen molar-refractivity contribution in [3.63, 3.8) is 0 Å². The molecule has 1 atom stereocenters. The maximum absolute atomic E-state index is 7.41. The normalized spacial score (nSPS) is 18.0. The molecule has 0 N–H and O–H groups in total. The van der Waals surface area contributed by atoms with Crippen LogP contribution in [0.3, 0.4) is 0 Å². The fourth-order valence-electron chi connectivity index (χ4n) is 3.19. The summed E-state index contributed by atoms with van der Waals surface area (Å²) in [6.07, 6.45) is 5.15. The number of imidazole rings is 1. The van der Waals surface area contributed by atoms with Gasteiger partial charge < -0.3 is 9.30 Å². The molecule has 0 radical (unpaired) electrons. The minimum Gasteiger partial charge on any atom is -0.358 e. The van der Waals surface area contributed by atoms with Crippen molar-refractivity contribution in [2.75, 3.05) is 6.61 Å². The molecule has 4 nitrogen and oxygen atoms in total. The molecule has 2 aromatic carbocycles. The quantitative estimate of drug-likeness (QED) is 0.627. The second-order valence-electron chi connectivity index (χ2n) is 5.81. The molecule has 0 amide bonds. The van der Waals surface area contributed by atoms with Gasteiger partial charge in [0.05, 0.1) is 23.9 Å². The lowest BCUT2D eigenvalue weighted by Gasteiger charge is -2.24. The molecule has 1 unspecified atom stereocenters. The lowest BCUT2D eigenvalue weighted by molar-refractivity contribution is -0.0295. The van der Waals surface area contributed by atoms with Crippen LogP contribution >= 0.6 is 0 Å². The average Bonchev–Trinajstić information content (AvgIpc) is 3.06. The van der Waals surface area contributed by atoms with Crippen LogP contribution in [-0.2, 0) is 4.74 Å². The third kappa shape index (κ3) is 2.49. The van der Waals surface area contributed by atoms with Crippen molar-refractivity contribution >= 4 is 16.7 Å². The van der Waals surface area contributed by atoms with Crippen LogP contribution in [0.5, 0.6) is 0 Å². The second-order valence-corrected chi connectivity index (χ2v) is 5.81.